The molecule has 0 atom stereocenters. The van der Waals surface area contributed by atoms with Crippen molar-refractivity contribution in [1.29, 1.82) is 0 Å². The second-order valence-corrected chi connectivity index (χ2v) is 15.7. The third-order valence-electron chi connectivity index (χ3n) is 11.7. The Kier molecular flexibility index (Phi) is 5.56. The summed E-state index contributed by atoms with van der Waals surface area (Å²) in [7, 11) is 0. The fraction of sp³-hybridized carbons (Fsp3) is 0.0833. The van der Waals surface area contributed by atoms with Crippen molar-refractivity contribution in [2.24, 2.45) is 0 Å². The van der Waals surface area contributed by atoms with Crippen molar-refractivity contribution in [1.82, 2.24) is 4.48 Å². The molecule has 0 N–H and O–H groups in total. The molecular formula is C48H33BN2O2. The van der Waals surface area contributed by atoms with E-state index in [0.717, 1.165) is 61.3 Å². The maximum atomic E-state index is 7.17. The van der Waals surface area contributed by atoms with Crippen LogP contribution in [-0.4, -0.2) is 11.3 Å². The number of hydrogen-bond donors (Lipinski definition) is 0. The summed E-state index contributed by atoms with van der Waals surface area (Å²) in [4.78, 5) is 2.39. The highest BCUT2D eigenvalue weighted by atomic mass is 16.4. The van der Waals surface area contributed by atoms with Gasteiger partial charge in [-0.2, -0.15) is 0 Å². The van der Waals surface area contributed by atoms with Gasteiger partial charge in [0.05, 0.1) is 11.4 Å². The molecule has 12 rings (SSSR count). The summed E-state index contributed by atoms with van der Waals surface area (Å²) in [6.07, 6.45) is 0. The molecule has 0 saturated carbocycles. The lowest BCUT2D eigenvalue weighted by Crippen LogP contribution is -2.56. The summed E-state index contributed by atoms with van der Waals surface area (Å²) in [6.45, 7) is 6.69. The van der Waals surface area contributed by atoms with Crippen molar-refractivity contribution in [2.45, 2.75) is 26.2 Å². The summed E-state index contributed by atoms with van der Waals surface area (Å²) < 4.78 is 16.8. The first-order chi connectivity index (χ1) is 26.0. The minimum Gasteiger partial charge on any atom is -0.454 e. The quantitative estimate of drug-likeness (QED) is 0.171. The number of hydrogen-bond acceptors (Lipinski definition) is 3. The van der Waals surface area contributed by atoms with E-state index < -0.39 is 0 Å². The Morgan fingerprint density at radius 2 is 1.23 bits per heavy atom. The maximum Gasteiger partial charge on any atom is 0.337 e. The van der Waals surface area contributed by atoms with E-state index >= 15 is 0 Å². The van der Waals surface area contributed by atoms with Crippen molar-refractivity contribution in [3.8, 4) is 22.3 Å². The molecule has 250 valence electrons. The first-order valence-electron chi connectivity index (χ1n) is 18.5. The Morgan fingerprint density at radius 1 is 0.528 bits per heavy atom. The van der Waals surface area contributed by atoms with Crippen LogP contribution >= 0.6 is 0 Å². The molecular weight excluding hydrogens is 647 g/mol. The molecule has 53 heavy (non-hydrogen) atoms. The van der Waals surface area contributed by atoms with Gasteiger partial charge in [-0.1, -0.05) is 130 Å². The number of aromatic nitrogens is 1. The molecule has 10 aromatic rings. The Hall–Kier alpha value is -6.46. The lowest BCUT2D eigenvalue weighted by Gasteiger charge is -2.38. The van der Waals surface area contributed by atoms with Crippen LogP contribution in [-0.2, 0) is 5.41 Å². The number of furan rings is 2. The topological polar surface area (TPSA) is 34.5 Å². The second-order valence-electron chi connectivity index (χ2n) is 15.7. The maximum absolute atomic E-state index is 7.17. The monoisotopic (exact) mass is 680 g/mol. The Balaban J connectivity index is 1.32. The van der Waals surface area contributed by atoms with E-state index in [1.165, 1.54) is 49.4 Å². The molecule has 0 radical (unpaired) electrons. The van der Waals surface area contributed by atoms with Crippen LogP contribution in [0.4, 0.5) is 17.3 Å². The second kappa shape index (κ2) is 10.1. The molecule has 0 spiro atoms. The summed E-state index contributed by atoms with van der Waals surface area (Å²) in [5, 5.41) is 5.86. The van der Waals surface area contributed by atoms with Gasteiger partial charge < -0.3 is 13.3 Å². The van der Waals surface area contributed by atoms with E-state index in [4.69, 9.17) is 8.83 Å². The van der Waals surface area contributed by atoms with Gasteiger partial charge >= 0.3 is 6.85 Å². The number of nitrogens with zero attached hydrogens (tertiary/aromatic N) is 2. The zero-order valence-electron chi connectivity index (χ0n) is 29.6. The largest absolute Gasteiger partial charge is 0.454 e. The predicted octanol–water partition coefficient (Wildman–Crippen LogP) is 11.8. The highest BCUT2D eigenvalue weighted by Crippen LogP contribution is 2.52. The van der Waals surface area contributed by atoms with E-state index in [-0.39, 0.29) is 12.3 Å². The van der Waals surface area contributed by atoms with Crippen molar-refractivity contribution < 1.29 is 8.83 Å². The predicted molar refractivity (Wildman–Crippen MR) is 221 cm³/mol. The Labute approximate surface area is 306 Å². The first-order valence-corrected chi connectivity index (χ1v) is 18.5. The van der Waals surface area contributed by atoms with Crippen molar-refractivity contribution in [2.75, 3.05) is 4.90 Å². The van der Waals surface area contributed by atoms with Crippen LogP contribution in [0.15, 0.2) is 154 Å². The van der Waals surface area contributed by atoms with Crippen LogP contribution in [0.2, 0.25) is 0 Å². The molecule has 7 aromatic carbocycles. The zero-order chi connectivity index (χ0) is 35.2. The van der Waals surface area contributed by atoms with E-state index in [2.05, 4.69) is 176 Å². The Bertz CT molecular complexity index is 3180. The molecule has 0 aliphatic carbocycles. The van der Waals surface area contributed by atoms with Crippen LogP contribution < -0.4 is 15.8 Å². The lowest BCUT2D eigenvalue weighted by molar-refractivity contribution is 0.590. The van der Waals surface area contributed by atoms with Gasteiger partial charge in [-0.25, -0.2) is 0 Å². The van der Waals surface area contributed by atoms with Crippen LogP contribution in [0.1, 0.15) is 26.3 Å². The standard InChI is InChI=1S/C48H33BN2O2/c1-48(2,3)29-24-25-38(35(26-29)28-14-5-4-6-15-28)50-45-42-36(27-37-31-17-8-11-22-40(31)52-46(37)45)33-20-13-19-32-30-16-7-10-21-39(30)51(44(32)33)49(42)43-34-18-9-12-23-41(34)53-47(43)50/h4-27H,1-3H3. The normalized spacial score (nSPS) is 13.5. The van der Waals surface area contributed by atoms with Crippen molar-refractivity contribution >= 4 is 89.7 Å². The number of benzene rings is 7. The van der Waals surface area contributed by atoms with Crippen LogP contribution in [0.3, 0.4) is 0 Å². The average molecular weight is 681 g/mol. The van der Waals surface area contributed by atoms with Crippen LogP contribution in [0.5, 0.6) is 0 Å². The molecule has 0 amide bonds. The fourth-order valence-corrected chi connectivity index (χ4v) is 9.38. The number of fused-ring (bicyclic) bond motifs is 13. The SMILES string of the molecule is CC(C)(C)c1ccc(N2c3oc4ccccc4c3B3c4c(cc5c(oc6ccccc65)c42)-c2cccc4c5ccccc5n3c24)c(-c2ccccc2)c1. The number of anilines is 3. The van der Waals surface area contributed by atoms with E-state index in [0.29, 0.717) is 0 Å². The van der Waals surface area contributed by atoms with E-state index in [1.807, 2.05) is 0 Å². The van der Waals surface area contributed by atoms with Gasteiger partial charge in [0.25, 0.3) is 0 Å². The minimum absolute atomic E-state index is 0.0396. The summed E-state index contributed by atoms with van der Waals surface area (Å²) in [5.41, 5.74) is 15.6. The minimum atomic E-state index is -0.154. The van der Waals surface area contributed by atoms with Gasteiger partial charge in [-0.05, 0) is 64.0 Å². The molecule has 0 bridgehead atoms. The number of rotatable bonds is 2. The highest BCUT2D eigenvalue weighted by Gasteiger charge is 2.47. The van der Waals surface area contributed by atoms with E-state index in [1.54, 1.807) is 0 Å². The Morgan fingerprint density at radius 3 is 2.04 bits per heavy atom. The average Bonchev–Trinajstić information content (AvgIpc) is 3.87. The third kappa shape index (κ3) is 3.76. The van der Waals surface area contributed by atoms with Gasteiger partial charge in [0.15, 0.2) is 5.58 Å². The zero-order valence-corrected chi connectivity index (χ0v) is 29.6. The molecule has 0 saturated heterocycles. The molecule has 4 nitrogen and oxygen atoms in total. The summed E-state index contributed by atoms with van der Waals surface area (Å²) >= 11 is 0. The smallest absolute Gasteiger partial charge is 0.337 e. The summed E-state index contributed by atoms with van der Waals surface area (Å²) in [6, 6.07) is 52.8. The van der Waals surface area contributed by atoms with Crippen LogP contribution in [0, 0.1) is 0 Å². The third-order valence-corrected chi connectivity index (χ3v) is 11.7. The summed E-state index contributed by atoms with van der Waals surface area (Å²) in [5.74, 6) is 0.827. The first kappa shape index (κ1) is 29.2. The fourth-order valence-electron chi connectivity index (χ4n) is 9.38. The molecule has 5 heteroatoms. The molecule has 0 unspecified atom stereocenters. The number of para-hydroxylation sites is 4. The van der Waals surface area contributed by atoms with Gasteiger partial charge in [0.1, 0.15) is 11.2 Å². The highest BCUT2D eigenvalue weighted by molar-refractivity contribution is 6.92. The molecule has 2 aliphatic rings. The molecule has 3 aromatic heterocycles. The van der Waals surface area contributed by atoms with Crippen molar-refractivity contribution in [3.05, 3.63) is 151 Å². The molecule has 0 fully saturated rings. The van der Waals surface area contributed by atoms with Gasteiger partial charge in [0.2, 0.25) is 5.88 Å². The van der Waals surface area contributed by atoms with Gasteiger partial charge in [-0.15, -0.1) is 0 Å². The van der Waals surface area contributed by atoms with Crippen LogP contribution in [0.25, 0.3) is 77.0 Å². The molecule has 2 aliphatic heterocycles. The van der Waals surface area contributed by atoms with Gasteiger partial charge in [0, 0.05) is 54.6 Å². The van der Waals surface area contributed by atoms with Gasteiger partial charge in [-0.3, -0.25) is 4.90 Å². The molecule has 5 heterocycles. The van der Waals surface area contributed by atoms with Crippen molar-refractivity contribution in [3.63, 3.8) is 0 Å². The lowest BCUT2D eigenvalue weighted by atomic mass is 9.45. The van der Waals surface area contributed by atoms with E-state index in [9.17, 15) is 0 Å².